The maximum Gasteiger partial charge on any atom is 0.219 e. The monoisotopic (exact) mass is 222 g/mol. The first kappa shape index (κ1) is 12.5. The van der Waals surface area contributed by atoms with E-state index in [4.69, 9.17) is 10.5 Å². The second-order valence-electron chi connectivity index (χ2n) is 3.95. The van der Waals surface area contributed by atoms with Gasteiger partial charge in [-0.25, -0.2) is 0 Å². The van der Waals surface area contributed by atoms with Gasteiger partial charge >= 0.3 is 0 Å². The fourth-order valence-corrected chi connectivity index (χ4v) is 1.64. The molecular formula is C12H18N2O2. The smallest absolute Gasteiger partial charge is 0.219 e. The van der Waals surface area contributed by atoms with Crippen molar-refractivity contribution in [3.63, 3.8) is 0 Å². The zero-order valence-corrected chi connectivity index (χ0v) is 9.91. The highest BCUT2D eigenvalue weighted by molar-refractivity contribution is 5.75. The van der Waals surface area contributed by atoms with Crippen molar-refractivity contribution in [2.24, 2.45) is 5.73 Å². The molecule has 0 saturated heterocycles. The quantitative estimate of drug-likeness (QED) is 0.781. The minimum absolute atomic E-state index is 0.260. The third-order valence-electron chi connectivity index (χ3n) is 2.81. The molecule has 1 aromatic rings. The molecule has 3 N–H and O–H groups in total. The van der Waals surface area contributed by atoms with Crippen molar-refractivity contribution in [1.82, 2.24) is 5.32 Å². The molecule has 4 nitrogen and oxygen atoms in total. The Balaban J connectivity index is 2.98. The molecule has 0 bridgehead atoms. The minimum atomic E-state index is -0.432. The molecule has 0 aliphatic rings. The molecule has 0 aliphatic carbocycles. The highest BCUT2D eigenvalue weighted by Gasteiger charge is 2.26. The molecule has 1 rings (SSSR count). The molecule has 16 heavy (non-hydrogen) atoms. The molecule has 0 heterocycles. The van der Waals surface area contributed by atoms with Crippen molar-refractivity contribution in [1.29, 1.82) is 0 Å². The zero-order chi connectivity index (χ0) is 12.2. The summed E-state index contributed by atoms with van der Waals surface area (Å²) >= 11 is 0. The summed E-state index contributed by atoms with van der Waals surface area (Å²) in [6, 6.07) is 7.59. The molecule has 0 radical (unpaired) electrons. The highest BCUT2D eigenvalue weighted by atomic mass is 16.5. The van der Waals surface area contributed by atoms with Gasteiger partial charge in [-0.3, -0.25) is 4.79 Å². The Hall–Kier alpha value is -1.55. The van der Waals surface area contributed by atoms with Crippen LogP contribution >= 0.6 is 0 Å². The lowest BCUT2D eigenvalue weighted by Crippen LogP contribution is -2.40. The van der Waals surface area contributed by atoms with E-state index in [2.05, 4.69) is 5.32 Å². The van der Waals surface area contributed by atoms with Crippen LogP contribution in [0.15, 0.2) is 24.3 Å². The predicted octanol–water partition coefficient (Wildman–Crippen LogP) is 1.01. The molecule has 4 heteroatoms. The van der Waals surface area contributed by atoms with Crippen LogP contribution in [0, 0.1) is 0 Å². The molecule has 1 aromatic carbocycles. The van der Waals surface area contributed by atoms with E-state index in [-0.39, 0.29) is 12.3 Å². The molecule has 0 aliphatic heterocycles. The van der Waals surface area contributed by atoms with E-state index in [0.717, 1.165) is 11.3 Å². The molecular weight excluding hydrogens is 204 g/mol. The minimum Gasteiger partial charge on any atom is -0.497 e. The SMILES string of the molecule is CNC(C)(CC(N)=O)c1ccc(OC)cc1. The van der Waals surface area contributed by atoms with Crippen molar-refractivity contribution < 1.29 is 9.53 Å². The molecule has 0 aromatic heterocycles. The van der Waals surface area contributed by atoms with E-state index >= 15 is 0 Å². The summed E-state index contributed by atoms with van der Waals surface area (Å²) in [5.41, 5.74) is 5.82. The van der Waals surface area contributed by atoms with E-state index in [1.807, 2.05) is 38.2 Å². The van der Waals surface area contributed by atoms with Crippen LogP contribution in [0.25, 0.3) is 0 Å². The van der Waals surface area contributed by atoms with Crippen LogP contribution in [0.3, 0.4) is 0 Å². The predicted molar refractivity (Wildman–Crippen MR) is 63.2 cm³/mol. The summed E-state index contributed by atoms with van der Waals surface area (Å²) in [6.07, 6.45) is 0.260. The Morgan fingerprint density at radius 1 is 1.44 bits per heavy atom. The molecule has 1 amide bonds. The Morgan fingerprint density at radius 2 is 2.00 bits per heavy atom. The second-order valence-corrected chi connectivity index (χ2v) is 3.95. The van der Waals surface area contributed by atoms with E-state index in [9.17, 15) is 4.79 Å². The lowest BCUT2D eigenvalue weighted by atomic mass is 9.88. The normalized spacial score (nSPS) is 14.2. The molecule has 0 spiro atoms. The van der Waals surface area contributed by atoms with Crippen LogP contribution in [0.5, 0.6) is 5.75 Å². The van der Waals surface area contributed by atoms with Gasteiger partial charge in [-0.05, 0) is 31.7 Å². The van der Waals surface area contributed by atoms with E-state index < -0.39 is 5.54 Å². The first-order valence-electron chi connectivity index (χ1n) is 5.13. The lowest BCUT2D eigenvalue weighted by molar-refractivity contribution is -0.119. The van der Waals surface area contributed by atoms with Gasteiger partial charge in [0, 0.05) is 12.0 Å². The van der Waals surface area contributed by atoms with Crippen LogP contribution in [-0.4, -0.2) is 20.1 Å². The number of nitrogens with one attached hydrogen (secondary N) is 1. The number of carbonyl (C=O) groups excluding carboxylic acids is 1. The van der Waals surface area contributed by atoms with Gasteiger partial charge in [-0.1, -0.05) is 12.1 Å². The number of benzene rings is 1. The lowest BCUT2D eigenvalue weighted by Gasteiger charge is -2.28. The number of ether oxygens (including phenoxy) is 1. The Kier molecular flexibility index (Phi) is 3.90. The number of hydrogen-bond donors (Lipinski definition) is 2. The Labute approximate surface area is 95.8 Å². The number of amides is 1. The number of methoxy groups -OCH3 is 1. The summed E-state index contributed by atoms with van der Waals surface area (Å²) in [4.78, 5) is 11.0. The fraction of sp³-hybridized carbons (Fsp3) is 0.417. The van der Waals surface area contributed by atoms with Crippen molar-refractivity contribution >= 4 is 5.91 Å². The number of carbonyl (C=O) groups is 1. The topological polar surface area (TPSA) is 64.3 Å². The van der Waals surface area contributed by atoms with Gasteiger partial charge in [0.25, 0.3) is 0 Å². The van der Waals surface area contributed by atoms with E-state index in [1.54, 1.807) is 7.11 Å². The summed E-state index contributed by atoms with van der Waals surface area (Å²) < 4.78 is 5.08. The van der Waals surface area contributed by atoms with Gasteiger partial charge in [0.1, 0.15) is 5.75 Å². The van der Waals surface area contributed by atoms with Crippen LogP contribution in [0.1, 0.15) is 18.9 Å². The third kappa shape index (κ3) is 2.73. The van der Waals surface area contributed by atoms with Gasteiger partial charge < -0.3 is 15.8 Å². The van der Waals surface area contributed by atoms with Gasteiger partial charge in [-0.2, -0.15) is 0 Å². The van der Waals surface area contributed by atoms with Crippen molar-refractivity contribution in [2.75, 3.05) is 14.2 Å². The molecule has 88 valence electrons. The summed E-state index contributed by atoms with van der Waals surface area (Å²) in [7, 11) is 3.43. The number of nitrogens with two attached hydrogens (primary N) is 1. The Bertz CT molecular complexity index is 362. The van der Waals surface area contributed by atoms with Crippen LogP contribution < -0.4 is 15.8 Å². The van der Waals surface area contributed by atoms with E-state index in [1.165, 1.54) is 0 Å². The van der Waals surface area contributed by atoms with Gasteiger partial charge in [0.2, 0.25) is 5.91 Å². The second kappa shape index (κ2) is 4.99. The first-order chi connectivity index (χ1) is 7.51. The molecule has 0 fully saturated rings. The fourth-order valence-electron chi connectivity index (χ4n) is 1.64. The molecule has 0 saturated carbocycles. The van der Waals surface area contributed by atoms with Gasteiger partial charge in [-0.15, -0.1) is 0 Å². The molecule has 1 atom stereocenters. The maximum atomic E-state index is 11.0. The average Bonchev–Trinajstić information content (AvgIpc) is 2.28. The van der Waals surface area contributed by atoms with Gasteiger partial charge in [0.05, 0.1) is 7.11 Å². The zero-order valence-electron chi connectivity index (χ0n) is 9.91. The van der Waals surface area contributed by atoms with E-state index in [0.29, 0.717) is 0 Å². The van der Waals surface area contributed by atoms with Crippen LogP contribution in [0.4, 0.5) is 0 Å². The largest absolute Gasteiger partial charge is 0.497 e. The number of primary amides is 1. The number of hydrogen-bond acceptors (Lipinski definition) is 3. The van der Waals surface area contributed by atoms with Crippen molar-refractivity contribution in [3.05, 3.63) is 29.8 Å². The Morgan fingerprint density at radius 3 is 2.38 bits per heavy atom. The van der Waals surface area contributed by atoms with Gasteiger partial charge in [0.15, 0.2) is 0 Å². The van der Waals surface area contributed by atoms with Crippen LogP contribution in [-0.2, 0) is 10.3 Å². The number of rotatable bonds is 5. The summed E-state index contributed by atoms with van der Waals surface area (Å²) in [6.45, 7) is 1.94. The van der Waals surface area contributed by atoms with Crippen LogP contribution in [0.2, 0.25) is 0 Å². The summed E-state index contributed by atoms with van der Waals surface area (Å²) in [5.74, 6) is 0.467. The third-order valence-corrected chi connectivity index (χ3v) is 2.81. The van der Waals surface area contributed by atoms with Crippen molar-refractivity contribution in [3.8, 4) is 5.75 Å². The standard InChI is InChI=1S/C12H18N2O2/c1-12(14-2,8-11(13)15)9-4-6-10(16-3)7-5-9/h4-7,14H,8H2,1-3H3,(H2,13,15). The average molecular weight is 222 g/mol. The molecule has 1 unspecified atom stereocenters. The van der Waals surface area contributed by atoms with Crippen molar-refractivity contribution in [2.45, 2.75) is 18.9 Å². The first-order valence-corrected chi connectivity index (χ1v) is 5.13. The maximum absolute atomic E-state index is 11.0. The summed E-state index contributed by atoms with van der Waals surface area (Å²) in [5, 5.41) is 3.12. The highest BCUT2D eigenvalue weighted by Crippen LogP contribution is 2.25.